The minimum absolute atomic E-state index is 0.0882. The lowest BCUT2D eigenvalue weighted by Crippen LogP contribution is -2.30. The van der Waals surface area contributed by atoms with E-state index in [-0.39, 0.29) is 11.6 Å². The number of anilines is 2. The number of aryl methyl sites for hydroxylation is 1. The molecule has 0 saturated carbocycles. The largest absolute Gasteiger partial charge is 0.361 e. The number of H-pyrrole nitrogens is 1. The van der Waals surface area contributed by atoms with E-state index in [1.807, 2.05) is 85.8 Å². The minimum Gasteiger partial charge on any atom is -0.361 e. The molecular weight excluding hydrogens is 640 g/mol. The van der Waals surface area contributed by atoms with Crippen LogP contribution in [0.15, 0.2) is 144 Å². The van der Waals surface area contributed by atoms with Gasteiger partial charge < -0.3 is 20.9 Å². The highest BCUT2D eigenvalue weighted by Gasteiger charge is 2.23. The van der Waals surface area contributed by atoms with E-state index in [1.54, 1.807) is 60.8 Å². The van der Waals surface area contributed by atoms with E-state index in [9.17, 15) is 14.4 Å². The number of hydrogen-bond donors (Lipinski definition) is 4. The molecule has 238 valence electrons. The molecule has 0 aliphatic carbocycles. The molecule has 0 aliphatic rings. The fourth-order valence-electron chi connectivity index (χ4n) is 5.09. The average Bonchev–Trinajstić information content (AvgIpc) is 3.52. The summed E-state index contributed by atoms with van der Waals surface area (Å²) in [5.74, 6) is -1.06. The maximum atomic E-state index is 13.6. The van der Waals surface area contributed by atoms with Gasteiger partial charge in [-0.25, -0.2) is 0 Å². The van der Waals surface area contributed by atoms with Crippen molar-refractivity contribution in [3.8, 4) is 0 Å². The van der Waals surface area contributed by atoms with Crippen LogP contribution in [0, 0.1) is 6.92 Å². The Hall–Kier alpha value is -5.57. The van der Waals surface area contributed by atoms with Gasteiger partial charge in [0.05, 0.1) is 0 Å². The Bertz CT molecular complexity index is 2110. The molecule has 9 heteroatoms. The smallest absolute Gasteiger partial charge is 0.272 e. The predicted octanol–water partition coefficient (Wildman–Crippen LogP) is 9.01. The van der Waals surface area contributed by atoms with Crippen LogP contribution >= 0.6 is 23.4 Å². The van der Waals surface area contributed by atoms with Crippen molar-refractivity contribution < 1.29 is 14.4 Å². The Morgan fingerprint density at radius 1 is 0.771 bits per heavy atom. The molecule has 48 heavy (non-hydrogen) atoms. The van der Waals surface area contributed by atoms with E-state index in [4.69, 9.17) is 11.6 Å². The molecule has 0 aliphatic heterocycles. The van der Waals surface area contributed by atoms with Gasteiger partial charge in [0.25, 0.3) is 11.8 Å². The number of nitrogens with one attached hydrogen (secondary N) is 4. The number of fused-ring (bicyclic) bond motifs is 1. The van der Waals surface area contributed by atoms with Gasteiger partial charge in [0.15, 0.2) is 0 Å². The van der Waals surface area contributed by atoms with Crippen molar-refractivity contribution in [3.63, 3.8) is 0 Å². The number of amides is 3. The molecule has 0 saturated heterocycles. The fourth-order valence-corrected chi connectivity index (χ4v) is 6.24. The molecule has 6 rings (SSSR count). The van der Waals surface area contributed by atoms with Crippen LogP contribution in [0.1, 0.15) is 32.3 Å². The molecule has 0 radical (unpaired) electrons. The molecule has 0 unspecified atom stereocenters. The summed E-state index contributed by atoms with van der Waals surface area (Å²) in [7, 11) is 0. The van der Waals surface area contributed by atoms with Crippen LogP contribution in [-0.4, -0.2) is 22.7 Å². The van der Waals surface area contributed by atoms with Crippen LogP contribution in [-0.2, 0) is 9.59 Å². The molecule has 0 spiro atoms. The van der Waals surface area contributed by atoms with Gasteiger partial charge in [0.2, 0.25) is 5.91 Å². The molecule has 4 N–H and O–H groups in total. The SMILES string of the molecule is Cc1cc(NC(=O)[C@H](Sc2ccc(NC(=O)/C(=C\c3c[nH]c4ccccc34)NC(=O)c3ccccc3)cc2)c2ccccc2)ccc1Cl. The van der Waals surface area contributed by atoms with Crippen LogP contribution in [0.25, 0.3) is 17.0 Å². The van der Waals surface area contributed by atoms with Gasteiger partial charge in [0.1, 0.15) is 10.9 Å². The third-order valence-corrected chi connectivity index (χ3v) is 9.27. The van der Waals surface area contributed by atoms with Gasteiger partial charge >= 0.3 is 0 Å². The summed E-state index contributed by atoms with van der Waals surface area (Å²) in [4.78, 5) is 44.3. The fraction of sp³-hybridized carbons (Fsp3) is 0.0513. The molecule has 7 nitrogen and oxygen atoms in total. The van der Waals surface area contributed by atoms with Gasteiger partial charge in [-0.2, -0.15) is 0 Å². The topological polar surface area (TPSA) is 103 Å². The third kappa shape index (κ3) is 7.86. The summed E-state index contributed by atoms with van der Waals surface area (Å²) >= 11 is 7.58. The van der Waals surface area contributed by atoms with E-state index < -0.39 is 17.1 Å². The van der Waals surface area contributed by atoms with Crippen LogP contribution in [0.2, 0.25) is 5.02 Å². The highest BCUT2D eigenvalue weighted by Crippen LogP contribution is 2.37. The molecule has 1 heterocycles. The van der Waals surface area contributed by atoms with Crippen LogP contribution < -0.4 is 16.0 Å². The van der Waals surface area contributed by atoms with E-state index in [0.29, 0.717) is 22.0 Å². The number of halogens is 1. The lowest BCUT2D eigenvalue weighted by molar-refractivity contribution is -0.116. The van der Waals surface area contributed by atoms with Crippen molar-refractivity contribution >= 4 is 69.4 Å². The van der Waals surface area contributed by atoms with E-state index in [1.165, 1.54) is 11.8 Å². The summed E-state index contributed by atoms with van der Waals surface area (Å²) in [6.45, 7) is 1.89. The first kappa shape index (κ1) is 32.4. The number of thioether (sulfide) groups is 1. The molecule has 6 aromatic rings. The van der Waals surface area contributed by atoms with Crippen molar-refractivity contribution in [3.05, 3.63) is 167 Å². The van der Waals surface area contributed by atoms with Gasteiger partial charge in [-0.3, -0.25) is 14.4 Å². The van der Waals surface area contributed by atoms with Gasteiger partial charge in [-0.15, -0.1) is 11.8 Å². The maximum Gasteiger partial charge on any atom is 0.272 e. The Balaban J connectivity index is 1.21. The predicted molar refractivity (Wildman–Crippen MR) is 195 cm³/mol. The second-order valence-electron chi connectivity index (χ2n) is 11.0. The number of rotatable bonds is 10. The van der Waals surface area contributed by atoms with E-state index >= 15 is 0 Å². The van der Waals surface area contributed by atoms with Crippen molar-refractivity contribution in [2.24, 2.45) is 0 Å². The Labute approximate surface area is 287 Å². The number of benzene rings is 5. The monoisotopic (exact) mass is 670 g/mol. The Kier molecular flexibility index (Phi) is 10.0. The maximum absolute atomic E-state index is 13.6. The zero-order valence-corrected chi connectivity index (χ0v) is 27.4. The molecule has 0 fully saturated rings. The minimum atomic E-state index is -0.540. The number of carbonyl (C=O) groups excluding carboxylic acids is 3. The lowest BCUT2D eigenvalue weighted by atomic mass is 10.1. The highest BCUT2D eigenvalue weighted by atomic mass is 35.5. The molecule has 0 bridgehead atoms. The first-order valence-electron chi connectivity index (χ1n) is 15.2. The van der Waals surface area contributed by atoms with Gasteiger partial charge in [-0.05, 0) is 84.8 Å². The summed E-state index contributed by atoms with van der Waals surface area (Å²) in [6, 6.07) is 38.6. The number of aromatic nitrogens is 1. The number of hydrogen-bond acceptors (Lipinski definition) is 4. The lowest BCUT2D eigenvalue weighted by Gasteiger charge is -2.18. The highest BCUT2D eigenvalue weighted by molar-refractivity contribution is 8.00. The van der Waals surface area contributed by atoms with E-state index in [0.717, 1.165) is 32.5 Å². The van der Waals surface area contributed by atoms with Crippen molar-refractivity contribution in [1.82, 2.24) is 10.3 Å². The Morgan fingerprint density at radius 3 is 2.17 bits per heavy atom. The van der Waals surface area contributed by atoms with Crippen LogP contribution in [0.3, 0.4) is 0 Å². The molecule has 5 aromatic carbocycles. The second kappa shape index (κ2) is 14.9. The second-order valence-corrected chi connectivity index (χ2v) is 12.6. The standard InChI is InChI=1S/C39H31ClN4O3S/c1-25-22-30(18-21-33(25)40)43-39(47)36(26-10-4-2-5-11-26)48-31-19-16-29(17-20-31)42-38(46)35(44-37(45)27-12-6-3-7-13-27)23-28-24-41-34-15-9-8-14-32(28)34/h2-24,36,41H,1H3,(H,42,46)(H,43,47)(H,44,45)/b35-23+/t36-/m1/s1. The normalized spacial score (nSPS) is 11.9. The molecule has 1 aromatic heterocycles. The molecule has 1 atom stereocenters. The number of carbonyl (C=O) groups is 3. The zero-order valence-electron chi connectivity index (χ0n) is 25.9. The summed E-state index contributed by atoms with van der Waals surface area (Å²) in [6.07, 6.45) is 3.45. The zero-order chi connectivity index (χ0) is 33.5. The first-order chi connectivity index (χ1) is 23.3. The van der Waals surface area contributed by atoms with Crippen molar-refractivity contribution in [1.29, 1.82) is 0 Å². The number of para-hydroxylation sites is 1. The average molecular weight is 671 g/mol. The van der Waals surface area contributed by atoms with Crippen LogP contribution in [0.4, 0.5) is 11.4 Å². The molecular formula is C39H31ClN4O3S. The van der Waals surface area contributed by atoms with Crippen molar-refractivity contribution in [2.45, 2.75) is 17.1 Å². The van der Waals surface area contributed by atoms with Crippen molar-refractivity contribution in [2.75, 3.05) is 10.6 Å². The third-order valence-electron chi connectivity index (χ3n) is 7.58. The quantitative estimate of drug-likeness (QED) is 0.0863. The van der Waals surface area contributed by atoms with Gasteiger partial charge in [-0.1, -0.05) is 78.3 Å². The summed E-state index contributed by atoms with van der Waals surface area (Å²) in [5, 5.41) is 9.72. The van der Waals surface area contributed by atoms with Gasteiger partial charge in [0, 0.05) is 49.5 Å². The molecule has 3 amide bonds. The summed E-state index contributed by atoms with van der Waals surface area (Å²) < 4.78 is 0. The van der Waals surface area contributed by atoms with Crippen LogP contribution in [0.5, 0.6) is 0 Å². The number of aromatic amines is 1. The first-order valence-corrected chi connectivity index (χ1v) is 16.4. The Morgan fingerprint density at radius 2 is 1.44 bits per heavy atom. The van der Waals surface area contributed by atoms with E-state index in [2.05, 4.69) is 20.9 Å². The summed E-state index contributed by atoms with van der Waals surface area (Å²) in [5.41, 5.74) is 5.11.